The quantitative estimate of drug-likeness (QED) is 0.481. The van der Waals surface area contributed by atoms with E-state index in [1.807, 2.05) is 0 Å². The molecular weight excluding hydrogens is 480 g/mol. The number of anilines is 2. The number of benzene rings is 2. The first-order chi connectivity index (χ1) is 12.7. The van der Waals surface area contributed by atoms with Crippen LogP contribution < -0.4 is 22.5 Å². The highest BCUT2D eigenvalue weighted by molar-refractivity contribution is 9.10. The molecule has 0 spiro atoms. The van der Waals surface area contributed by atoms with Crippen LogP contribution in [0.25, 0.3) is 0 Å². The van der Waals surface area contributed by atoms with Crippen molar-refractivity contribution in [1.82, 2.24) is 0 Å². The van der Waals surface area contributed by atoms with Gasteiger partial charge in [0.2, 0.25) is 5.91 Å². The summed E-state index contributed by atoms with van der Waals surface area (Å²) in [6, 6.07) is 10.0. The number of nitrogens with two attached hydrogens (primary N) is 3. The van der Waals surface area contributed by atoms with E-state index < -0.39 is 11.8 Å². The zero-order valence-electron chi connectivity index (χ0n) is 14.2. The molecule has 1 fully saturated rings. The van der Waals surface area contributed by atoms with Crippen molar-refractivity contribution in [1.29, 1.82) is 0 Å². The van der Waals surface area contributed by atoms with Crippen LogP contribution in [0.3, 0.4) is 0 Å². The second kappa shape index (κ2) is 9.01. The summed E-state index contributed by atoms with van der Waals surface area (Å²) in [4.78, 5) is 33.4. The Hall–Kier alpha value is -2.39. The van der Waals surface area contributed by atoms with E-state index in [1.54, 1.807) is 36.4 Å². The molecule has 0 heterocycles. The van der Waals surface area contributed by atoms with Gasteiger partial charge in [0.05, 0.1) is 16.8 Å². The zero-order chi connectivity index (χ0) is 20.1. The Morgan fingerprint density at radius 2 is 1.41 bits per heavy atom. The third-order valence-electron chi connectivity index (χ3n) is 3.73. The summed E-state index contributed by atoms with van der Waals surface area (Å²) in [6.45, 7) is 0. The highest BCUT2D eigenvalue weighted by Crippen LogP contribution is 2.31. The lowest BCUT2D eigenvalue weighted by molar-refractivity contribution is -0.117. The third kappa shape index (κ3) is 6.07. The van der Waals surface area contributed by atoms with Gasteiger partial charge < -0.3 is 22.5 Å². The van der Waals surface area contributed by atoms with Gasteiger partial charge in [-0.05, 0) is 49.2 Å². The molecule has 27 heavy (non-hydrogen) atoms. The number of primary amides is 2. The molecule has 9 heteroatoms. The molecule has 142 valence electrons. The molecule has 3 rings (SSSR count). The van der Waals surface area contributed by atoms with E-state index in [1.165, 1.54) is 0 Å². The predicted molar refractivity (Wildman–Crippen MR) is 111 cm³/mol. The summed E-state index contributed by atoms with van der Waals surface area (Å²) in [5.41, 5.74) is 17.3. The van der Waals surface area contributed by atoms with E-state index in [0.717, 1.165) is 21.8 Å². The van der Waals surface area contributed by atoms with Gasteiger partial charge in [-0.15, -0.1) is 0 Å². The lowest BCUT2D eigenvalue weighted by atomic mass is 10.1. The van der Waals surface area contributed by atoms with E-state index in [4.69, 9.17) is 17.2 Å². The number of nitrogens with one attached hydrogen (secondary N) is 1. The first kappa shape index (κ1) is 20.9. The highest BCUT2D eigenvalue weighted by Gasteiger charge is 2.30. The van der Waals surface area contributed by atoms with Gasteiger partial charge in [0.15, 0.2) is 0 Å². The topological polar surface area (TPSA) is 141 Å². The van der Waals surface area contributed by atoms with Gasteiger partial charge in [0.1, 0.15) is 0 Å². The Labute approximate surface area is 172 Å². The van der Waals surface area contributed by atoms with Crippen LogP contribution in [0.4, 0.5) is 11.4 Å². The first-order valence-corrected chi connectivity index (χ1v) is 9.52. The number of carbonyl (C=O) groups is 3. The van der Waals surface area contributed by atoms with Crippen molar-refractivity contribution in [2.75, 3.05) is 11.1 Å². The van der Waals surface area contributed by atoms with E-state index in [2.05, 4.69) is 37.2 Å². The lowest BCUT2D eigenvalue weighted by Gasteiger charge is -2.08. The molecule has 1 aliphatic carbocycles. The maximum Gasteiger partial charge on any atom is 0.250 e. The van der Waals surface area contributed by atoms with Crippen molar-refractivity contribution >= 4 is 61.0 Å². The minimum absolute atomic E-state index is 0.0372. The van der Waals surface area contributed by atoms with Crippen LogP contribution in [-0.4, -0.2) is 17.7 Å². The molecule has 1 aliphatic rings. The fourth-order valence-electron chi connectivity index (χ4n) is 2.15. The van der Waals surface area contributed by atoms with Gasteiger partial charge in [0.25, 0.3) is 11.8 Å². The normalized spacial score (nSPS) is 12.5. The Morgan fingerprint density at radius 1 is 0.889 bits per heavy atom. The van der Waals surface area contributed by atoms with Crippen LogP contribution in [0.5, 0.6) is 0 Å². The Balaban J connectivity index is 0.000000208. The van der Waals surface area contributed by atoms with Gasteiger partial charge in [-0.25, -0.2) is 0 Å². The summed E-state index contributed by atoms with van der Waals surface area (Å²) in [7, 11) is 0. The molecule has 3 amide bonds. The third-order valence-corrected chi connectivity index (χ3v) is 4.72. The van der Waals surface area contributed by atoms with Crippen molar-refractivity contribution in [3.05, 3.63) is 56.5 Å². The van der Waals surface area contributed by atoms with E-state index in [9.17, 15) is 14.4 Å². The monoisotopic (exact) mass is 496 g/mol. The van der Waals surface area contributed by atoms with Gasteiger partial charge in [-0.3, -0.25) is 14.4 Å². The molecule has 0 aliphatic heterocycles. The number of hydrogen-bond acceptors (Lipinski definition) is 4. The molecule has 0 aromatic heterocycles. The zero-order valence-corrected chi connectivity index (χ0v) is 17.3. The van der Waals surface area contributed by atoms with Crippen LogP contribution in [0.1, 0.15) is 33.6 Å². The number of carbonyl (C=O) groups excluding carboxylic acids is 3. The second-order valence-corrected chi connectivity index (χ2v) is 7.74. The number of rotatable bonds is 4. The highest BCUT2D eigenvalue weighted by atomic mass is 79.9. The molecule has 0 saturated heterocycles. The van der Waals surface area contributed by atoms with Gasteiger partial charge >= 0.3 is 0 Å². The van der Waals surface area contributed by atoms with Crippen molar-refractivity contribution < 1.29 is 14.4 Å². The van der Waals surface area contributed by atoms with Gasteiger partial charge in [0, 0.05) is 20.6 Å². The SMILES string of the molecule is NC(=O)c1cc(Br)ccc1N.NC(=O)c1cc(Br)ccc1NC(=O)C1CC1. The minimum atomic E-state index is -0.549. The second-order valence-electron chi connectivity index (χ2n) is 5.91. The fraction of sp³-hybridized carbons (Fsp3) is 0.167. The maximum atomic E-state index is 11.6. The van der Waals surface area contributed by atoms with Crippen LogP contribution >= 0.6 is 31.9 Å². The fourth-order valence-corrected chi connectivity index (χ4v) is 2.87. The standard InChI is InChI=1S/C11H11BrN2O2.C7H7BrN2O/c12-7-3-4-9(8(5-7)10(13)15)14-11(16)6-1-2-6;8-4-1-2-6(9)5(3-4)7(10)11/h3-6H,1-2H2,(H2,13,15)(H,14,16);1-3H,9H2,(H2,10,11). The molecule has 1 saturated carbocycles. The number of halogens is 2. The van der Waals surface area contributed by atoms with Gasteiger partial charge in [-0.2, -0.15) is 0 Å². The summed E-state index contributed by atoms with van der Waals surface area (Å²) in [5.74, 6) is -0.995. The number of nitrogen functional groups attached to an aromatic ring is 1. The predicted octanol–water partition coefficient (Wildman–Crippen LogP) is 3.03. The number of hydrogen-bond donors (Lipinski definition) is 4. The molecule has 0 radical (unpaired) electrons. The molecule has 0 bridgehead atoms. The van der Waals surface area contributed by atoms with Crippen LogP contribution in [-0.2, 0) is 4.79 Å². The first-order valence-electron chi connectivity index (χ1n) is 7.94. The van der Waals surface area contributed by atoms with Crippen molar-refractivity contribution in [3.8, 4) is 0 Å². The average Bonchev–Trinajstić information content (AvgIpc) is 3.44. The minimum Gasteiger partial charge on any atom is -0.398 e. The summed E-state index contributed by atoms with van der Waals surface area (Å²) < 4.78 is 1.55. The average molecular weight is 498 g/mol. The maximum absolute atomic E-state index is 11.6. The molecule has 0 unspecified atom stereocenters. The summed E-state index contributed by atoms with van der Waals surface area (Å²) >= 11 is 6.45. The van der Waals surface area contributed by atoms with E-state index in [-0.39, 0.29) is 11.8 Å². The van der Waals surface area contributed by atoms with Crippen molar-refractivity contribution in [3.63, 3.8) is 0 Å². The van der Waals surface area contributed by atoms with Crippen LogP contribution in [0, 0.1) is 5.92 Å². The smallest absolute Gasteiger partial charge is 0.250 e. The molecule has 2 aromatic rings. The molecule has 7 N–H and O–H groups in total. The largest absolute Gasteiger partial charge is 0.398 e. The lowest BCUT2D eigenvalue weighted by Crippen LogP contribution is -2.19. The van der Waals surface area contributed by atoms with Crippen LogP contribution in [0.2, 0.25) is 0 Å². The Morgan fingerprint density at radius 3 is 1.89 bits per heavy atom. The van der Waals surface area contributed by atoms with E-state index >= 15 is 0 Å². The van der Waals surface area contributed by atoms with Crippen molar-refractivity contribution in [2.24, 2.45) is 17.4 Å². The van der Waals surface area contributed by atoms with Gasteiger partial charge in [-0.1, -0.05) is 31.9 Å². The van der Waals surface area contributed by atoms with Crippen molar-refractivity contribution in [2.45, 2.75) is 12.8 Å². The number of amides is 3. The molecule has 0 atom stereocenters. The van der Waals surface area contributed by atoms with E-state index in [0.29, 0.717) is 22.5 Å². The molecular formula is C18H18Br2N4O3. The molecule has 2 aromatic carbocycles. The van der Waals surface area contributed by atoms with Crippen LogP contribution in [0.15, 0.2) is 45.3 Å². The summed E-state index contributed by atoms with van der Waals surface area (Å²) in [5, 5.41) is 2.72. The Bertz CT molecular complexity index is 898. The molecule has 7 nitrogen and oxygen atoms in total. The summed E-state index contributed by atoms with van der Waals surface area (Å²) in [6.07, 6.45) is 1.85. The Kier molecular flexibility index (Phi) is 6.98.